The molecule has 0 fully saturated rings. The molecule has 2 amide bonds. The van der Waals surface area contributed by atoms with Crippen molar-refractivity contribution in [3.05, 3.63) is 95.1 Å². The number of anilines is 1. The van der Waals surface area contributed by atoms with E-state index in [0.29, 0.717) is 30.1 Å². The van der Waals surface area contributed by atoms with Gasteiger partial charge in [-0.3, -0.25) is 14.6 Å². The first-order valence-electron chi connectivity index (χ1n) is 12.2. The summed E-state index contributed by atoms with van der Waals surface area (Å²) in [5, 5.41) is 9.05. The molecule has 1 atom stereocenters. The molecule has 1 heterocycles. The fraction of sp³-hybridized carbons (Fsp3) is 0.241. The van der Waals surface area contributed by atoms with Gasteiger partial charge >= 0.3 is 5.97 Å². The molecule has 8 nitrogen and oxygen atoms in total. The average molecular weight is 499 g/mol. The van der Waals surface area contributed by atoms with Crippen LogP contribution in [0.25, 0.3) is 0 Å². The molecule has 3 aromatic rings. The number of carbonyl (C=O) groups is 3. The fourth-order valence-electron chi connectivity index (χ4n) is 4.22. The van der Waals surface area contributed by atoms with Crippen LogP contribution in [0.15, 0.2) is 77.8 Å². The lowest BCUT2D eigenvalue weighted by Crippen LogP contribution is -2.24. The van der Waals surface area contributed by atoms with Gasteiger partial charge in [0, 0.05) is 25.7 Å². The predicted molar refractivity (Wildman–Crippen MR) is 143 cm³/mol. The number of rotatable bonds is 10. The Kier molecular flexibility index (Phi) is 8.43. The molecule has 1 aliphatic rings. The number of nitrogens with one attached hydrogen (secondary N) is 3. The van der Waals surface area contributed by atoms with Crippen LogP contribution >= 0.6 is 0 Å². The summed E-state index contributed by atoms with van der Waals surface area (Å²) in [7, 11) is 1.33. The van der Waals surface area contributed by atoms with Crippen LogP contribution in [0.3, 0.4) is 0 Å². The molecule has 3 aromatic carbocycles. The molecule has 0 aliphatic carbocycles. The maximum atomic E-state index is 13.1. The van der Waals surface area contributed by atoms with Crippen molar-refractivity contribution >= 4 is 34.9 Å². The van der Waals surface area contributed by atoms with Crippen LogP contribution < -0.4 is 16.0 Å². The van der Waals surface area contributed by atoms with Crippen molar-refractivity contribution < 1.29 is 19.1 Å². The van der Waals surface area contributed by atoms with Crippen LogP contribution in [0.1, 0.15) is 46.3 Å². The second-order valence-corrected chi connectivity index (χ2v) is 8.76. The van der Waals surface area contributed by atoms with E-state index in [9.17, 15) is 14.4 Å². The molecular weight excluding hydrogens is 468 g/mol. The molecule has 0 saturated heterocycles. The topological polar surface area (TPSA) is 109 Å². The molecule has 0 spiro atoms. The highest BCUT2D eigenvalue weighted by Crippen LogP contribution is 2.37. The highest BCUT2D eigenvalue weighted by molar-refractivity contribution is 6.24. The molecule has 37 heavy (non-hydrogen) atoms. The third-order valence-electron chi connectivity index (χ3n) is 6.07. The van der Waals surface area contributed by atoms with Gasteiger partial charge in [0.2, 0.25) is 11.8 Å². The largest absolute Gasteiger partial charge is 0.465 e. The van der Waals surface area contributed by atoms with E-state index >= 15 is 0 Å². The van der Waals surface area contributed by atoms with Crippen LogP contribution in [0, 0.1) is 0 Å². The third kappa shape index (κ3) is 6.48. The molecule has 1 unspecified atom stereocenters. The SMILES string of the molecule is COC(=O)c1ccc2c(c1)NC(=O)C2C(=Nc1ccc(CNCCCNC(C)=O)cc1)c1ccccc1. The Morgan fingerprint density at radius 1 is 0.973 bits per heavy atom. The van der Waals surface area contributed by atoms with Crippen molar-refractivity contribution in [1.82, 2.24) is 10.6 Å². The predicted octanol–water partition coefficient (Wildman–Crippen LogP) is 3.95. The quantitative estimate of drug-likeness (QED) is 0.223. The minimum absolute atomic E-state index is 0.0180. The van der Waals surface area contributed by atoms with Crippen molar-refractivity contribution in [2.45, 2.75) is 25.8 Å². The molecule has 1 aliphatic heterocycles. The third-order valence-corrected chi connectivity index (χ3v) is 6.07. The Labute approximate surface area is 216 Å². The van der Waals surface area contributed by atoms with Crippen molar-refractivity contribution in [3.63, 3.8) is 0 Å². The first-order chi connectivity index (χ1) is 18.0. The first kappa shape index (κ1) is 25.8. The van der Waals surface area contributed by atoms with Gasteiger partial charge in [-0.1, -0.05) is 48.5 Å². The minimum atomic E-state index is -0.617. The van der Waals surface area contributed by atoms with Gasteiger partial charge in [-0.2, -0.15) is 0 Å². The molecular formula is C29H30N4O4. The van der Waals surface area contributed by atoms with Gasteiger partial charge in [-0.15, -0.1) is 0 Å². The fourth-order valence-corrected chi connectivity index (χ4v) is 4.22. The summed E-state index contributed by atoms with van der Waals surface area (Å²) in [6, 6.07) is 22.6. The van der Waals surface area contributed by atoms with Crippen LogP contribution in [-0.2, 0) is 20.9 Å². The number of methoxy groups -OCH3 is 1. The summed E-state index contributed by atoms with van der Waals surface area (Å²) >= 11 is 0. The summed E-state index contributed by atoms with van der Waals surface area (Å²) in [6.45, 7) is 3.67. The van der Waals surface area contributed by atoms with E-state index in [1.807, 2.05) is 54.6 Å². The first-order valence-corrected chi connectivity index (χ1v) is 12.2. The van der Waals surface area contributed by atoms with E-state index in [-0.39, 0.29) is 11.8 Å². The molecule has 0 aromatic heterocycles. The molecule has 8 heteroatoms. The molecule has 0 radical (unpaired) electrons. The van der Waals surface area contributed by atoms with Gasteiger partial charge in [-0.25, -0.2) is 4.79 Å². The molecule has 0 saturated carbocycles. The molecule has 190 valence electrons. The van der Waals surface area contributed by atoms with Crippen molar-refractivity contribution in [1.29, 1.82) is 0 Å². The Balaban J connectivity index is 1.55. The number of esters is 1. The zero-order valence-electron chi connectivity index (χ0n) is 20.9. The lowest BCUT2D eigenvalue weighted by Gasteiger charge is -2.14. The van der Waals surface area contributed by atoms with Gasteiger partial charge in [-0.05, 0) is 53.9 Å². The molecule has 0 bridgehead atoms. The van der Waals surface area contributed by atoms with E-state index in [2.05, 4.69) is 16.0 Å². The van der Waals surface area contributed by atoms with E-state index in [1.54, 1.807) is 18.2 Å². The van der Waals surface area contributed by atoms with Crippen LogP contribution in [0.5, 0.6) is 0 Å². The summed E-state index contributed by atoms with van der Waals surface area (Å²) in [5.41, 5.74) is 5.05. The average Bonchev–Trinajstić information content (AvgIpc) is 3.24. The highest BCUT2D eigenvalue weighted by Gasteiger charge is 2.36. The van der Waals surface area contributed by atoms with Crippen LogP contribution in [0.4, 0.5) is 11.4 Å². The number of hydrogen-bond acceptors (Lipinski definition) is 6. The maximum absolute atomic E-state index is 13.1. The Bertz CT molecular complexity index is 1300. The number of nitrogens with zero attached hydrogens (tertiary/aromatic N) is 1. The monoisotopic (exact) mass is 498 g/mol. The van der Waals surface area contributed by atoms with E-state index in [4.69, 9.17) is 9.73 Å². The smallest absolute Gasteiger partial charge is 0.337 e. The number of benzene rings is 3. The van der Waals surface area contributed by atoms with Gasteiger partial charge in [0.15, 0.2) is 0 Å². The zero-order chi connectivity index (χ0) is 26.2. The van der Waals surface area contributed by atoms with E-state index in [0.717, 1.165) is 35.3 Å². The summed E-state index contributed by atoms with van der Waals surface area (Å²) in [6.07, 6.45) is 0.856. The van der Waals surface area contributed by atoms with Crippen molar-refractivity contribution in [3.8, 4) is 0 Å². The number of hydrogen-bond donors (Lipinski definition) is 3. The summed E-state index contributed by atoms with van der Waals surface area (Å²) < 4.78 is 4.81. The number of aliphatic imine (C=N–C) groups is 1. The van der Waals surface area contributed by atoms with Gasteiger partial charge < -0.3 is 20.7 Å². The number of fused-ring (bicyclic) bond motifs is 1. The van der Waals surface area contributed by atoms with Gasteiger partial charge in [0.05, 0.1) is 24.1 Å². The normalized spacial score (nSPS) is 14.6. The zero-order valence-corrected chi connectivity index (χ0v) is 20.9. The number of carbonyl (C=O) groups excluding carboxylic acids is 3. The van der Waals surface area contributed by atoms with Crippen LogP contribution in [0.2, 0.25) is 0 Å². The Hall–Kier alpha value is -4.30. The highest BCUT2D eigenvalue weighted by atomic mass is 16.5. The van der Waals surface area contributed by atoms with Crippen molar-refractivity contribution in [2.75, 3.05) is 25.5 Å². The lowest BCUT2D eigenvalue weighted by molar-refractivity contribution is -0.119. The molecule has 4 rings (SSSR count). The van der Waals surface area contributed by atoms with E-state index in [1.165, 1.54) is 14.0 Å². The number of ether oxygens (including phenoxy) is 1. The van der Waals surface area contributed by atoms with Gasteiger partial charge in [0.1, 0.15) is 5.92 Å². The van der Waals surface area contributed by atoms with E-state index < -0.39 is 11.9 Å². The molecule has 3 N–H and O–H groups in total. The summed E-state index contributed by atoms with van der Waals surface area (Å²) in [4.78, 5) is 40.9. The van der Waals surface area contributed by atoms with Crippen LogP contribution in [-0.4, -0.2) is 43.7 Å². The maximum Gasteiger partial charge on any atom is 0.337 e. The summed E-state index contributed by atoms with van der Waals surface area (Å²) in [5.74, 6) is -1.29. The standard InChI is InChI=1S/C29H30N4O4/c1-19(34)31-16-6-15-30-18-20-9-12-23(13-10-20)32-27(21-7-4-3-5-8-21)26-24-14-11-22(29(36)37-2)17-25(24)33-28(26)35/h3-5,7-14,17,26,30H,6,15-16,18H2,1-2H3,(H,31,34)(H,33,35). The second kappa shape index (κ2) is 12.1. The van der Waals surface area contributed by atoms with Gasteiger partial charge in [0.25, 0.3) is 0 Å². The second-order valence-electron chi connectivity index (χ2n) is 8.76. The number of amides is 2. The Morgan fingerprint density at radius 3 is 2.43 bits per heavy atom. The minimum Gasteiger partial charge on any atom is -0.465 e. The van der Waals surface area contributed by atoms with Crippen molar-refractivity contribution in [2.24, 2.45) is 4.99 Å². The lowest BCUT2D eigenvalue weighted by atomic mass is 9.90. The Morgan fingerprint density at radius 2 is 1.73 bits per heavy atom.